The molecule has 0 saturated carbocycles. The van der Waals surface area contributed by atoms with Crippen molar-refractivity contribution in [1.29, 1.82) is 0 Å². The lowest BCUT2D eigenvalue weighted by molar-refractivity contribution is -0.114. The summed E-state index contributed by atoms with van der Waals surface area (Å²) in [6.07, 6.45) is 4.59. The van der Waals surface area contributed by atoms with Gasteiger partial charge in [0.15, 0.2) is 0 Å². The SMILES string of the molecule is CC(=O)Nc1cc2c(-c3cc(OCC4COC4)cc(C4CCOC4)n3)c[nH]c2cn1. The van der Waals surface area contributed by atoms with E-state index in [0.717, 1.165) is 59.8 Å². The van der Waals surface area contributed by atoms with Gasteiger partial charge in [-0.15, -0.1) is 0 Å². The van der Waals surface area contributed by atoms with E-state index in [-0.39, 0.29) is 11.8 Å². The summed E-state index contributed by atoms with van der Waals surface area (Å²) in [4.78, 5) is 23.9. The molecule has 5 rings (SSSR count). The summed E-state index contributed by atoms with van der Waals surface area (Å²) in [6, 6.07) is 5.86. The van der Waals surface area contributed by atoms with Gasteiger partial charge in [0, 0.05) is 54.6 Å². The van der Waals surface area contributed by atoms with E-state index in [1.54, 1.807) is 6.20 Å². The number of H-pyrrole nitrogens is 1. The third-order valence-electron chi connectivity index (χ3n) is 5.51. The number of nitrogens with zero attached hydrogens (tertiary/aromatic N) is 2. The zero-order chi connectivity index (χ0) is 20.5. The van der Waals surface area contributed by atoms with Crippen LogP contribution in [0.15, 0.2) is 30.6 Å². The number of hydrogen-bond acceptors (Lipinski definition) is 6. The van der Waals surface area contributed by atoms with Crippen LogP contribution in [0.4, 0.5) is 5.82 Å². The number of ether oxygens (including phenoxy) is 3. The van der Waals surface area contributed by atoms with Crippen LogP contribution >= 0.6 is 0 Å². The fraction of sp³-hybridized carbons (Fsp3) is 0.409. The molecule has 3 aromatic rings. The van der Waals surface area contributed by atoms with Crippen LogP contribution in [0.5, 0.6) is 5.75 Å². The Morgan fingerprint density at radius 2 is 2.17 bits per heavy atom. The molecule has 8 nitrogen and oxygen atoms in total. The first-order chi connectivity index (χ1) is 14.7. The van der Waals surface area contributed by atoms with Crippen LogP contribution < -0.4 is 10.1 Å². The minimum atomic E-state index is -0.157. The Hall–Kier alpha value is -2.97. The summed E-state index contributed by atoms with van der Waals surface area (Å²) in [5, 5.41) is 3.69. The number of nitrogens with one attached hydrogen (secondary N) is 2. The van der Waals surface area contributed by atoms with Crippen LogP contribution in [-0.4, -0.2) is 53.9 Å². The fourth-order valence-corrected chi connectivity index (χ4v) is 3.80. The first kappa shape index (κ1) is 19.0. The quantitative estimate of drug-likeness (QED) is 0.650. The van der Waals surface area contributed by atoms with Crippen LogP contribution in [0.25, 0.3) is 22.2 Å². The Kier molecular flexibility index (Phi) is 5.10. The second-order valence-electron chi connectivity index (χ2n) is 7.89. The lowest BCUT2D eigenvalue weighted by atomic mass is 10.0. The summed E-state index contributed by atoms with van der Waals surface area (Å²) in [5.41, 5.74) is 3.63. The molecule has 30 heavy (non-hydrogen) atoms. The van der Waals surface area contributed by atoms with Gasteiger partial charge in [0.2, 0.25) is 5.91 Å². The van der Waals surface area contributed by atoms with Crippen molar-refractivity contribution in [3.63, 3.8) is 0 Å². The molecule has 1 amide bonds. The van der Waals surface area contributed by atoms with E-state index in [0.29, 0.717) is 24.9 Å². The van der Waals surface area contributed by atoms with Crippen LogP contribution in [0.3, 0.4) is 0 Å². The highest BCUT2D eigenvalue weighted by atomic mass is 16.5. The standard InChI is InChI=1S/C22H24N4O4/c1-13(27)25-22-6-17-18(7-23-21(17)8-24-22)20-5-16(30-11-14-9-29-10-14)4-19(26-20)15-2-3-28-12-15/h4-8,14-15,23H,2-3,9-12H2,1H3,(H,24,25,27). The van der Waals surface area contributed by atoms with Gasteiger partial charge in [-0.2, -0.15) is 0 Å². The van der Waals surface area contributed by atoms with Crippen molar-refractivity contribution in [3.8, 4) is 17.0 Å². The topological polar surface area (TPSA) is 98.4 Å². The molecule has 2 aliphatic rings. The summed E-state index contributed by atoms with van der Waals surface area (Å²) < 4.78 is 16.9. The van der Waals surface area contributed by atoms with Crippen LogP contribution in [0.2, 0.25) is 0 Å². The highest BCUT2D eigenvalue weighted by Crippen LogP contribution is 2.34. The van der Waals surface area contributed by atoms with E-state index in [1.807, 2.05) is 24.4 Å². The molecule has 0 spiro atoms. The first-order valence-electron chi connectivity index (χ1n) is 10.2. The summed E-state index contributed by atoms with van der Waals surface area (Å²) in [5.74, 6) is 1.87. The van der Waals surface area contributed by atoms with Crippen molar-refractivity contribution in [2.24, 2.45) is 5.92 Å². The maximum atomic E-state index is 11.4. The number of aromatic amines is 1. The predicted octanol–water partition coefficient (Wildman–Crippen LogP) is 3.11. The number of fused-ring (bicyclic) bond motifs is 1. The van der Waals surface area contributed by atoms with Crippen LogP contribution in [0.1, 0.15) is 25.0 Å². The Morgan fingerprint density at radius 3 is 2.90 bits per heavy atom. The average molecular weight is 408 g/mol. The fourth-order valence-electron chi connectivity index (χ4n) is 3.80. The number of carbonyl (C=O) groups is 1. The molecule has 0 bridgehead atoms. The van der Waals surface area contributed by atoms with Crippen molar-refractivity contribution < 1.29 is 19.0 Å². The highest BCUT2D eigenvalue weighted by Gasteiger charge is 2.23. The molecule has 2 fully saturated rings. The molecular formula is C22H24N4O4. The van der Waals surface area contributed by atoms with Crippen molar-refractivity contribution >= 4 is 22.6 Å². The monoisotopic (exact) mass is 408 g/mol. The van der Waals surface area contributed by atoms with Gasteiger partial charge in [0.1, 0.15) is 11.6 Å². The van der Waals surface area contributed by atoms with Crippen molar-refractivity contribution in [3.05, 3.63) is 36.3 Å². The third-order valence-corrected chi connectivity index (χ3v) is 5.51. The molecule has 1 unspecified atom stereocenters. The van der Waals surface area contributed by atoms with E-state index in [2.05, 4.69) is 15.3 Å². The molecule has 2 N–H and O–H groups in total. The van der Waals surface area contributed by atoms with E-state index in [9.17, 15) is 4.79 Å². The molecule has 0 radical (unpaired) electrons. The molecule has 156 valence electrons. The molecule has 1 atom stereocenters. The van der Waals surface area contributed by atoms with Crippen molar-refractivity contribution in [2.45, 2.75) is 19.3 Å². The van der Waals surface area contributed by atoms with Gasteiger partial charge in [0.05, 0.1) is 49.5 Å². The Labute approximate surface area is 174 Å². The Morgan fingerprint density at radius 1 is 1.27 bits per heavy atom. The van der Waals surface area contributed by atoms with Gasteiger partial charge >= 0.3 is 0 Å². The zero-order valence-electron chi connectivity index (χ0n) is 16.8. The molecule has 5 heterocycles. The second kappa shape index (κ2) is 8.04. The van der Waals surface area contributed by atoms with Crippen molar-refractivity contribution in [2.75, 3.05) is 38.4 Å². The summed E-state index contributed by atoms with van der Waals surface area (Å²) in [6.45, 7) is 5.04. The maximum absolute atomic E-state index is 11.4. The number of anilines is 1. The second-order valence-corrected chi connectivity index (χ2v) is 7.89. The molecule has 2 saturated heterocycles. The largest absolute Gasteiger partial charge is 0.493 e. The average Bonchev–Trinajstić information content (AvgIpc) is 3.36. The number of hydrogen-bond donors (Lipinski definition) is 2. The number of carbonyl (C=O) groups excluding carboxylic acids is 1. The lowest BCUT2D eigenvalue weighted by Crippen LogP contribution is -2.32. The lowest BCUT2D eigenvalue weighted by Gasteiger charge is -2.26. The van der Waals surface area contributed by atoms with Gasteiger partial charge in [-0.3, -0.25) is 9.78 Å². The Bertz CT molecular complexity index is 1070. The van der Waals surface area contributed by atoms with E-state index in [4.69, 9.17) is 19.2 Å². The Balaban J connectivity index is 1.52. The zero-order valence-corrected chi connectivity index (χ0v) is 16.8. The molecule has 3 aromatic heterocycles. The van der Waals surface area contributed by atoms with Gasteiger partial charge in [-0.25, -0.2) is 4.98 Å². The first-order valence-corrected chi connectivity index (χ1v) is 10.2. The van der Waals surface area contributed by atoms with E-state index >= 15 is 0 Å². The number of pyridine rings is 2. The molecule has 2 aliphatic heterocycles. The minimum Gasteiger partial charge on any atom is -0.493 e. The molecule has 0 aromatic carbocycles. The molecule has 8 heteroatoms. The van der Waals surface area contributed by atoms with Crippen molar-refractivity contribution in [1.82, 2.24) is 15.0 Å². The predicted molar refractivity (Wildman–Crippen MR) is 112 cm³/mol. The van der Waals surface area contributed by atoms with Gasteiger partial charge in [0.25, 0.3) is 0 Å². The molecular weight excluding hydrogens is 384 g/mol. The smallest absolute Gasteiger partial charge is 0.222 e. The van der Waals surface area contributed by atoms with Gasteiger partial charge < -0.3 is 24.5 Å². The van der Waals surface area contributed by atoms with Gasteiger partial charge in [-0.1, -0.05) is 0 Å². The normalized spacial score (nSPS) is 19.0. The van der Waals surface area contributed by atoms with Crippen LogP contribution in [-0.2, 0) is 14.3 Å². The number of amides is 1. The number of rotatable bonds is 6. The van der Waals surface area contributed by atoms with E-state index < -0.39 is 0 Å². The highest BCUT2D eigenvalue weighted by molar-refractivity contribution is 5.97. The maximum Gasteiger partial charge on any atom is 0.222 e. The number of aromatic nitrogens is 3. The summed E-state index contributed by atoms with van der Waals surface area (Å²) >= 11 is 0. The van der Waals surface area contributed by atoms with E-state index in [1.165, 1.54) is 6.92 Å². The summed E-state index contributed by atoms with van der Waals surface area (Å²) in [7, 11) is 0. The van der Waals surface area contributed by atoms with Gasteiger partial charge in [-0.05, 0) is 12.5 Å². The minimum absolute atomic E-state index is 0.157. The van der Waals surface area contributed by atoms with Crippen LogP contribution in [0, 0.1) is 5.92 Å². The third kappa shape index (κ3) is 3.88. The molecule has 0 aliphatic carbocycles.